The van der Waals surface area contributed by atoms with Crippen molar-refractivity contribution in [2.24, 2.45) is 5.41 Å². The van der Waals surface area contributed by atoms with E-state index < -0.39 is 0 Å². The number of hydrogen-bond acceptors (Lipinski definition) is 4. The monoisotopic (exact) mass is 293 g/mol. The molecule has 0 saturated heterocycles. The summed E-state index contributed by atoms with van der Waals surface area (Å²) in [6.07, 6.45) is 0. The highest BCUT2D eigenvalue weighted by atomic mass is 16.6. The summed E-state index contributed by atoms with van der Waals surface area (Å²) < 4.78 is 0. The van der Waals surface area contributed by atoms with Crippen LogP contribution in [0.3, 0.4) is 0 Å². The smallest absolute Gasteiger partial charge is 0.292 e. The van der Waals surface area contributed by atoms with Gasteiger partial charge in [-0.3, -0.25) is 15.0 Å². The minimum atomic E-state index is -0.325. The van der Waals surface area contributed by atoms with E-state index in [1.807, 2.05) is 13.0 Å². The molecule has 5 heteroatoms. The van der Waals surface area contributed by atoms with Gasteiger partial charge in [0.25, 0.3) is 5.69 Å². The van der Waals surface area contributed by atoms with E-state index in [4.69, 9.17) is 0 Å². The first-order valence-electron chi connectivity index (χ1n) is 7.38. The molecule has 5 nitrogen and oxygen atoms in total. The van der Waals surface area contributed by atoms with Crippen molar-refractivity contribution in [1.82, 2.24) is 4.90 Å². The largest absolute Gasteiger partial charge is 0.380 e. The molecule has 1 rings (SSSR count). The van der Waals surface area contributed by atoms with E-state index in [-0.39, 0.29) is 16.0 Å². The molecule has 1 aromatic carbocycles. The van der Waals surface area contributed by atoms with Crippen molar-refractivity contribution in [1.29, 1.82) is 0 Å². The fraction of sp³-hybridized carbons (Fsp3) is 0.625. The highest BCUT2D eigenvalue weighted by molar-refractivity contribution is 5.62. The molecule has 1 unspecified atom stereocenters. The molecule has 0 aliphatic carbocycles. The molecule has 0 spiro atoms. The van der Waals surface area contributed by atoms with Crippen molar-refractivity contribution in [3.05, 3.63) is 33.9 Å². The van der Waals surface area contributed by atoms with Gasteiger partial charge in [0.2, 0.25) is 0 Å². The van der Waals surface area contributed by atoms with Crippen LogP contribution >= 0.6 is 0 Å². The van der Waals surface area contributed by atoms with Crippen LogP contribution in [0.1, 0.15) is 40.2 Å². The number of benzene rings is 1. The molecule has 0 fully saturated rings. The van der Waals surface area contributed by atoms with Crippen LogP contribution in [0.5, 0.6) is 0 Å². The molecule has 0 bridgehead atoms. The second-order valence-corrected chi connectivity index (χ2v) is 6.60. The summed E-state index contributed by atoms with van der Waals surface area (Å²) in [5, 5.41) is 14.2. The first-order chi connectivity index (χ1) is 9.66. The third-order valence-corrected chi connectivity index (χ3v) is 3.97. The zero-order chi connectivity index (χ0) is 16.2. The van der Waals surface area contributed by atoms with E-state index in [1.165, 1.54) is 0 Å². The molecule has 0 radical (unpaired) electrons. The van der Waals surface area contributed by atoms with E-state index in [0.717, 1.165) is 5.56 Å². The Morgan fingerprint density at radius 2 is 2.00 bits per heavy atom. The van der Waals surface area contributed by atoms with Gasteiger partial charge in [0.1, 0.15) is 5.69 Å². The quantitative estimate of drug-likeness (QED) is 0.638. The van der Waals surface area contributed by atoms with Crippen molar-refractivity contribution < 1.29 is 4.92 Å². The molecule has 0 saturated carbocycles. The van der Waals surface area contributed by atoms with Crippen LogP contribution in [0.15, 0.2) is 18.2 Å². The van der Waals surface area contributed by atoms with Crippen LogP contribution in [-0.4, -0.2) is 29.5 Å². The second kappa shape index (κ2) is 6.89. The zero-order valence-corrected chi connectivity index (χ0v) is 13.9. The summed E-state index contributed by atoms with van der Waals surface area (Å²) >= 11 is 0. The summed E-state index contributed by atoms with van der Waals surface area (Å²) in [6.45, 7) is 12.1. The number of nitrogens with zero attached hydrogens (tertiary/aromatic N) is 2. The number of anilines is 1. The van der Waals surface area contributed by atoms with Gasteiger partial charge in [-0.2, -0.15) is 0 Å². The number of hydrogen-bond donors (Lipinski definition) is 1. The van der Waals surface area contributed by atoms with Crippen molar-refractivity contribution >= 4 is 11.4 Å². The second-order valence-electron chi connectivity index (χ2n) is 6.60. The normalized spacial score (nSPS) is 13.3. The standard InChI is InChI=1S/C16H27N3O2/c1-7-17-14-9-8-13(10-15(14)19(20)21)11-18(6)12(2)16(3,4)5/h8-10,12,17H,7,11H2,1-6H3. The van der Waals surface area contributed by atoms with Gasteiger partial charge in [-0.15, -0.1) is 0 Å². The maximum absolute atomic E-state index is 11.2. The molecule has 0 aromatic heterocycles. The minimum absolute atomic E-state index is 0.145. The maximum atomic E-state index is 11.2. The van der Waals surface area contributed by atoms with Crippen LogP contribution < -0.4 is 5.32 Å². The lowest BCUT2D eigenvalue weighted by molar-refractivity contribution is -0.384. The van der Waals surface area contributed by atoms with Crippen LogP contribution in [0.4, 0.5) is 11.4 Å². The molecular formula is C16H27N3O2. The Morgan fingerprint density at radius 3 is 2.48 bits per heavy atom. The van der Waals surface area contributed by atoms with E-state index in [9.17, 15) is 10.1 Å². The van der Waals surface area contributed by atoms with Crippen LogP contribution in [-0.2, 0) is 6.54 Å². The molecule has 1 aromatic rings. The highest BCUT2D eigenvalue weighted by Crippen LogP contribution is 2.28. The molecular weight excluding hydrogens is 266 g/mol. The SMILES string of the molecule is CCNc1ccc(CN(C)C(C)C(C)(C)C)cc1[N+](=O)[O-]. The molecule has 0 amide bonds. The van der Waals surface area contributed by atoms with Gasteiger partial charge in [-0.05, 0) is 37.9 Å². The minimum Gasteiger partial charge on any atom is -0.380 e. The van der Waals surface area contributed by atoms with Crippen LogP contribution in [0.2, 0.25) is 0 Å². The number of nitrogens with one attached hydrogen (secondary N) is 1. The fourth-order valence-corrected chi connectivity index (χ4v) is 2.25. The molecule has 0 aliphatic heterocycles. The van der Waals surface area contributed by atoms with E-state index in [1.54, 1.807) is 12.1 Å². The summed E-state index contributed by atoms with van der Waals surface area (Å²) in [5.41, 5.74) is 1.86. The lowest BCUT2D eigenvalue weighted by Crippen LogP contribution is -2.38. The molecule has 0 heterocycles. The topological polar surface area (TPSA) is 58.4 Å². The zero-order valence-electron chi connectivity index (χ0n) is 13.9. The Hall–Kier alpha value is -1.62. The Labute approximate surface area is 127 Å². The van der Waals surface area contributed by atoms with Crippen LogP contribution in [0, 0.1) is 15.5 Å². The third-order valence-electron chi connectivity index (χ3n) is 3.97. The van der Waals surface area contributed by atoms with Gasteiger partial charge in [-0.25, -0.2) is 0 Å². The third kappa shape index (κ3) is 4.70. The van der Waals surface area contributed by atoms with E-state index in [2.05, 4.69) is 45.0 Å². The maximum Gasteiger partial charge on any atom is 0.292 e. The first-order valence-corrected chi connectivity index (χ1v) is 7.38. The lowest BCUT2D eigenvalue weighted by atomic mass is 9.87. The summed E-state index contributed by atoms with van der Waals surface area (Å²) in [6, 6.07) is 5.80. The van der Waals surface area contributed by atoms with Crippen LogP contribution in [0.25, 0.3) is 0 Å². The molecule has 0 aliphatic rings. The molecule has 1 atom stereocenters. The highest BCUT2D eigenvalue weighted by Gasteiger charge is 2.24. The lowest BCUT2D eigenvalue weighted by Gasteiger charge is -2.35. The predicted octanol–water partition coefficient (Wildman–Crippen LogP) is 3.89. The van der Waals surface area contributed by atoms with Crippen molar-refractivity contribution in [3.8, 4) is 0 Å². The number of nitro groups is 1. The molecule has 118 valence electrons. The molecule has 21 heavy (non-hydrogen) atoms. The van der Waals surface area contributed by atoms with Crippen molar-refractivity contribution in [2.75, 3.05) is 18.9 Å². The van der Waals surface area contributed by atoms with Gasteiger partial charge in [0, 0.05) is 25.2 Å². The Balaban J connectivity index is 2.95. The predicted molar refractivity (Wildman–Crippen MR) is 87.6 cm³/mol. The fourth-order valence-electron chi connectivity index (χ4n) is 2.25. The Morgan fingerprint density at radius 1 is 1.38 bits per heavy atom. The van der Waals surface area contributed by atoms with Gasteiger partial charge < -0.3 is 5.32 Å². The van der Waals surface area contributed by atoms with Gasteiger partial charge in [-0.1, -0.05) is 26.8 Å². The average molecular weight is 293 g/mol. The van der Waals surface area contributed by atoms with E-state index in [0.29, 0.717) is 24.8 Å². The first kappa shape index (κ1) is 17.4. The Kier molecular flexibility index (Phi) is 5.72. The number of rotatable bonds is 6. The summed E-state index contributed by atoms with van der Waals surface area (Å²) in [7, 11) is 2.06. The Bertz CT molecular complexity index is 495. The molecule has 1 N–H and O–H groups in total. The van der Waals surface area contributed by atoms with E-state index >= 15 is 0 Å². The summed E-state index contributed by atoms with van der Waals surface area (Å²) in [4.78, 5) is 13.1. The van der Waals surface area contributed by atoms with Gasteiger partial charge in [0.15, 0.2) is 0 Å². The number of nitro benzene ring substituents is 1. The van der Waals surface area contributed by atoms with Crippen molar-refractivity contribution in [2.45, 2.75) is 47.2 Å². The van der Waals surface area contributed by atoms with Gasteiger partial charge in [0.05, 0.1) is 4.92 Å². The van der Waals surface area contributed by atoms with Crippen molar-refractivity contribution in [3.63, 3.8) is 0 Å². The summed E-state index contributed by atoms with van der Waals surface area (Å²) in [5.74, 6) is 0. The van der Waals surface area contributed by atoms with Gasteiger partial charge >= 0.3 is 0 Å². The average Bonchev–Trinajstić information content (AvgIpc) is 2.38.